The third kappa shape index (κ3) is 11.1. The second-order valence-electron chi connectivity index (χ2n) is 15.9. The third-order valence-corrected chi connectivity index (χ3v) is 8.13. The van der Waals surface area contributed by atoms with Crippen LogP contribution in [0.3, 0.4) is 0 Å². The Kier molecular flexibility index (Phi) is 15.8. The van der Waals surface area contributed by atoms with E-state index in [2.05, 4.69) is 107 Å². The minimum Gasteiger partial charge on any atom is -0.507 e. The quantitative estimate of drug-likeness (QED) is 0.182. The molecule has 1 fully saturated rings. The summed E-state index contributed by atoms with van der Waals surface area (Å²) in [4.78, 5) is 10.1. The molecule has 1 aliphatic carbocycles. The Bertz CT molecular complexity index is 1180. The van der Waals surface area contributed by atoms with Gasteiger partial charge < -0.3 is 10.2 Å². The molecule has 43 heavy (non-hydrogen) atoms. The van der Waals surface area contributed by atoms with Crippen LogP contribution in [0.1, 0.15) is 142 Å². The number of halogens is 2. The molecule has 1 aliphatic rings. The molecular weight excluding hydrogens is 865 g/mol. The molecule has 0 aliphatic heterocycles. The van der Waals surface area contributed by atoms with Gasteiger partial charge in [-0.25, -0.2) is 0 Å². The molecule has 2 N–H and O–H groups in total. The van der Waals surface area contributed by atoms with Gasteiger partial charge in [-0.3, -0.25) is 9.98 Å². The minimum absolute atomic E-state index is 0. The number of phenolic OH excluding ortho intramolecular Hbond substituents is 2. The Morgan fingerprint density at radius 2 is 0.860 bits per heavy atom. The standard InChI is InChI=1S/C36H54N2O2.2HI.Sn/c1-33(2,3)25-17-23(31(39)27(19-25)35(7,8)9)21-37-29-15-13-14-16-30(29)38-22-24-18-26(34(4,5)6)20-28(32(24)40)36(10,11)12;;;/h17-22,29-30,39-40H,13-16H2,1-12H3;2*1H;/t29-,30-;;;/m0.../s1. The van der Waals surface area contributed by atoms with E-state index in [9.17, 15) is 10.2 Å². The summed E-state index contributed by atoms with van der Waals surface area (Å²) in [6.45, 7) is 26.0. The van der Waals surface area contributed by atoms with E-state index in [1.807, 2.05) is 12.4 Å². The molecule has 0 bridgehead atoms. The smallest absolute Gasteiger partial charge is 0.128 e. The SMILES string of the molecule is CC(C)(C)c1cc(C=N[C@H]2CCCC[C@@H]2N=Cc2cc(C(C)(C)C)cc(C(C)(C)C)c2O)c(O)c(C(C)(C)C)c1.I.I.[Sn]. The van der Waals surface area contributed by atoms with E-state index in [-0.39, 0.29) is 106 Å². The van der Waals surface area contributed by atoms with Crippen LogP contribution in [0.4, 0.5) is 0 Å². The van der Waals surface area contributed by atoms with E-state index in [0.29, 0.717) is 11.5 Å². The molecule has 0 heterocycles. The fourth-order valence-corrected chi connectivity index (χ4v) is 5.31. The first-order valence-electron chi connectivity index (χ1n) is 15.0. The number of hydrogen-bond donors (Lipinski definition) is 2. The third-order valence-electron chi connectivity index (χ3n) is 8.13. The Morgan fingerprint density at radius 3 is 1.12 bits per heavy atom. The summed E-state index contributed by atoms with van der Waals surface area (Å²) in [6.07, 6.45) is 7.90. The summed E-state index contributed by atoms with van der Waals surface area (Å²) in [5.41, 5.74) is 5.39. The van der Waals surface area contributed by atoms with Crippen molar-refractivity contribution < 1.29 is 10.2 Å². The normalized spacial score (nSPS) is 18.2. The van der Waals surface area contributed by atoms with Crippen LogP contribution in [0, 0.1) is 0 Å². The summed E-state index contributed by atoms with van der Waals surface area (Å²) in [5, 5.41) is 22.5. The van der Waals surface area contributed by atoms with Crippen LogP contribution in [0.2, 0.25) is 0 Å². The van der Waals surface area contributed by atoms with Gasteiger partial charge in [0, 0.05) is 58.6 Å². The van der Waals surface area contributed by atoms with Gasteiger partial charge in [-0.15, -0.1) is 48.0 Å². The van der Waals surface area contributed by atoms with Crippen LogP contribution in [0.5, 0.6) is 11.5 Å². The van der Waals surface area contributed by atoms with Crippen molar-refractivity contribution in [1.29, 1.82) is 0 Å². The van der Waals surface area contributed by atoms with Crippen LogP contribution < -0.4 is 0 Å². The first-order chi connectivity index (χ1) is 18.2. The second kappa shape index (κ2) is 16.0. The monoisotopic (exact) mass is 922 g/mol. The number of benzene rings is 2. The van der Waals surface area contributed by atoms with Crippen LogP contribution in [-0.4, -0.2) is 58.6 Å². The molecule has 0 saturated heterocycles. The molecule has 4 radical (unpaired) electrons. The van der Waals surface area contributed by atoms with Gasteiger partial charge in [0.05, 0.1) is 12.1 Å². The maximum atomic E-state index is 11.2. The molecule has 2 atom stereocenters. The molecule has 1 saturated carbocycles. The Morgan fingerprint density at radius 1 is 0.558 bits per heavy atom. The number of rotatable bonds is 4. The molecule has 0 aromatic heterocycles. The first-order valence-corrected chi connectivity index (χ1v) is 15.0. The average molecular weight is 921 g/mol. The largest absolute Gasteiger partial charge is 0.507 e. The van der Waals surface area contributed by atoms with E-state index in [1.54, 1.807) is 0 Å². The van der Waals surface area contributed by atoms with Gasteiger partial charge in [0.1, 0.15) is 11.5 Å². The van der Waals surface area contributed by atoms with Crippen molar-refractivity contribution in [3.8, 4) is 11.5 Å². The predicted molar refractivity (Wildman–Crippen MR) is 209 cm³/mol. The molecular formula is C36H56I2N2O2Sn. The van der Waals surface area contributed by atoms with E-state index in [0.717, 1.165) is 47.9 Å². The van der Waals surface area contributed by atoms with Crippen LogP contribution in [0.15, 0.2) is 34.3 Å². The summed E-state index contributed by atoms with van der Waals surface area (Å²) in [7, 11) is 0. The fourth-order valence-electron chi connectivity index (χ4n) is 5.31. The van der Waals surface area contributed by atoms with Gasteiger partial charge in [0.2, 0.25) is 0 Å². The number of aromatic hydroxyl groups is 2. The number of nitrogens with zero attached hydrogens (tertiary/aromatic N) is 2. The Labute approximate surface area is 313 Å². The van der Waals surface area contributed by atoms with Crippen molar-refractivity contribution in [1.82, 2.24) is 0 Å². The summed E-state index contributed by atoms with van der Waals surface area (Å²) < 4.78 is 0. The van der Waals surface area contributed by atoms with Crippen molar-refractivity contribution in [3.63, 3.8) is 0 Å². The van der Waals surface area contributed by atoms with Crippen molar-refractivity contribution in [3.05, 3.63) is 57.6 Å². The first kappa shape index (κ1) is 42.6. The molecule has 0 spiro atoms. The zero-order valence-corrected chi connectivity index (χ0v) is 36.1. The zero-order valence-electron chi connectivity index (χ0n) is 28.6. The fraction of sp³-hybridized carbons (Fsp3) is 0.611. The van der Waals surface area contributed by atoms with Crippen molar-refractivity contribution in [2.45, 2.75) is 143 Å². The molecule has 2 aromatic rings. The van der Waals surface area contributed by atoms with E-state index < -0.39 is 0 Å². The topological polar surface area (TPSA) is 65.2 Å². The molecule has 240 valence electrons. The van der Waals surface area contributed by atoms with Crippen molar-refractivity contribution in [2.75, 3.05) is 0 Å². The molecule has 4 nitrogen and oxygen atoms in total. The van der Waals surface area contributed by atoms with Gasteiger partial charge in [-0.05, 0) is 57.8 Å². The van der Waals surface area contributed by atoms with E-state index in [1.165, 1.54) is 11.1 Å². The predicted octanol–water partition coefficient (Wildman–Crippen LogP) is 9.99. The Hall–Kier alpha value is -0.361. The second-order valence-corrected chi connectivity index (χ2v) is 15.9. The number of phenols is 2. The molecule has 7 heteroatoms. The Balaban J connectivity index is 0.00000588. The summed E-state index contributed by atoms with van der Waals surface area (Å²) >= 11 is 0. The molecule has 0 unspecified atom stereocenters. The number of aliphatic imine (C=N–C) groups is 2. The number of hydrogen-bond acceptors (Lipinski definition) is 4. The summed E-state index contributed by atoms with van der Waals surface area (Å²) in [6, 6.07) is 8.53. The van der Waals surface area contributed by atoms with Crippen molar-refractivity contribution in [2.24, 2.45) is 9.98 Å². The van der Waals surface area contributed by atoms with E-state index >= 15 is 0 Å². The van der Waals surface area contributed by atoms with Gasteiger partial charge in [0.25, 0.3) is 0 Å². The van der Waals surface area contributed by atoms with Gasteiger partial charge in [-0.1, -0.05) is 108 Å². The minimum atomic E-state index is -0.179. The van der Waals surface area contributed by atoms with E-state index in [4.69, 9.17) is 9.98 Å². The van der Waals surface area contributed by atoms with Crippen LogP contribution in [-0.2, 0) is 21.7 Å². The molecule has 0 amide bonds. The van der Waals surface area contributed by atoms with Gasteiger partial charge in [-0.2, -0.15) is 0 Å². The van der Waals surface area contributed by atoms with Crippen molar-refractivity contribution >= 4 is 84.3 Å². The summed E-state index contributed by atoms with van der Waals surface area (Å²) in [5.74, 6) is 0.637. The zero-order chi connectivity index (χ0) is 30.3. The maximum absolute atomic E-state index is 11.2. The molecule has 2 aromatic carbocycles. The van der Waals surface area contributed by atoms with Gasteiger partial charge >= 0.3 is 0 Å². The van der Waals surface area contributed by atoms with Crippen LogP contribution >= 0.6 is 48.0 Å². The van der Waals surface area contributed by atoms with Gasteiger partial charge in [0.15, 0.2) is 0 Å². The average Bonchev–Trinajstić information content (AvgIpc) is 2.80. The molecule has 3 rings (SSSR count). The van der Waals surface area contributed by atoms with Crippen LogP contribution in [0.25, 0.3) is 0 Å². The maximum Gasteiger partial charge on any atom is 0.128 e.